The molecule has 0 atom stereocenters. The van der Waals surface area contributed by atoms with Crippen molar-refractivity contribution >= 4 is 6.47 Å². The molecule has 19 heavy (non-hydrogen) atoms. The fraction of sp³-hybridized carbons (Fsp3) is 0.824. The van der Waals surface area contributed by atoms with E-state index in [0.29, 0.717) is 12.4 Å². The first-order chi connectivity index (χ1) is 8.93. The normalized spacial score (nSPS) is 10.7. The van der Waals surface area contributed by atoms with Crippen LogP contribution in [-0.2, 0) is 9.53 Å². The van der Waals surface area contributed by atoms with Gasteiger partial charge in [-0.1, -0.05) is 46.1 Å². The van der Waals surface area contributed by atoms with Gasteiger partial charge in [0.25, 0.3) is 6.47 Å². The van der Waals surface area contributed by atoms with E-state index in [1.54, 1.807) is 0 Å². The van der Waals surface area contributed by atoms with Gasteiger partial charge in [0.1, 0.15) is 5.60 Å². The average Bonchev–Trinajstić information content (AvgIpc) is 2.35. The number of carbonyl (C=O) groups is 1. The van der Waals surface area contributed by atoms with E-state index in [9.17, 15) is 4.79 Å². The quantitative estimate of drug-likeness (QED) is 0.407. The molecule has 2 nitrogen and oxygen atoms in total. The summed E-state index contributed by atoms with van der Waals surface area (Å²) in [6, 6.07) is 0. The van der Waals surface area contributed by atoms with Crippen LogP contribution in [0.25, 0.3) is 0 Å². The zero-order valence-electron chi connectivity index (χ0n) is 13.9. The maximum absolute atomic E-state index is 10.6. The highest BCUT2D eigenvalue weighted by molar-refractivity contribution is 5.38. The van der Waals surface area contributed by atoms with Gasteiger partial charge in [-0.2, -0.15) is 0 Å². The highest BCUT2D eigenvalue weighted by atomic mass is 16.5. The Hall–Kier alpha value is -0.790. The van der Waals surface area contributed by atoms with Gasteiger partial charge < -0.3 is 4.74 Å². The Labute approximate surface area is 120 Å². The van der Waals surface area contributed by atoms with Gasteiger partial charge in [-0.3, -0.25) is 4.79 Å². The van der Waals surface area contributed by atoms with Gasteiger partial charge in [-0.05, 0) is 45.4 Å². The zero-order chi connectivity index (χ0) is 15.3. The summed E-state index contributed by atoms with van der Waals surface area (Å²) < 4.78 is 5.41. The number of hydrogen-bond acceptors (Lipinski definition) is 2. The summed E-state index contributed by atoms with van der Waals surface area (Å²) in [5.74, 6) is 0.521. The molecule has 0 saturated heterocycles. The number of carbonyl (C=O) groups excluding carboxylic acids is 1. The third-order valence-corrected chi connectivity index (χ3v) is 3.50. The van der Waals surface area contributed by atoms with Crippen LogP contribution in [0.5, 0.6) is 0 Å². The van der Waals surface area contributed by atoms with Gasteiger partial charge in [0, 0.05) is 0 Å². The minimum absolute atomic E-state index is 0.215. The average molecular weight is 270 g/mol. The third kappa shape index (κ3) is 8.85. The van der Waals surface area contributed by atoms with Crippen LogP contribution in [0.3, 0.4) is 0 Å². The van der Waals surface area contributed by atoms with E-state index >= 15 is 0 Å². The van der Waals surface area contributed by atoms with Crippen molar-refractivity contribution in [2.45, 2.75) is 85.7 Å². The van der Waals surface area contributed by atoms with Crippen molar-refractivity contribution in [1.82, 2.24) is 0 Å². The molecule has 0 saturated carbocycles. The van der Waals surface area contributed by atoms with Crippen molar-refractivity contribution in [2.75, 3.05) is 0 Å². The largest absolute Gasteiger partial charge is 0.461 e. The van der Waals surface area contributed by atoms with Crippen LogP contribution in [0.15, 0.2) is 12.2 Å². The Balaban J connectivity index is 0. The highest BCUT2D eigenvalue weighted by Gasteiger charge is 2.36. The summed E-state index contributed by atoms with van der Waals surface area (Å²) in [4.78, 5) is 10.6. The van der Waals surface area contributed by atoms with Gasteiger partial charge in [0.05, 0.1) is 0 Å². The SMILES string of the molecule is C=C(C)C.CCCC(CCC)C(CC)(CC)OC=O. The molecule has 0 amide bonds. The van der Waals surface area contributed by atoms with E-state index in [4.69, 9.17) is 4.74 Å². The molecule has 114 valence electrons. The van der Waals surface area contributed by atoms with Crippen LogP contribution in [0, 0.1) is 5.92 Å². The predicted octanol–water partition coefficient (Wildman–Crippen LogP) is 5.52. The number of ether oxygens (including phenoxy) is 1. The first kappa shape index (κ1) is 20.5. The molecule has 2 heteroatoms. The van der Waals surface area contributed by atoms with Gasteiger partial charge in [-0.25, -0.2) is 0 Å². The molecule has 0 rings (SSSR count). The first-order valence-corrected chi connectivity index (χ1v) is 7.67. The molecule has 0 aromatic heterocycles. The lowest BCUT2D eigenvalue weighted by Crippen LogP contribution is -2.39. The van der Waals surface area contributed by atoms with Crippen LogP contribution in [-0.4, -0.2) is 12.1 Å². The van der Waals surface area contributed by atoms with Gasteiger partial charge in [-0.15, -0.1) is 6.58 Å². The lowest BCUT2D eigenvalue weighted by molar-refractivity contribution is -0.152. The summed E-state index contributed by atoms with van der Waals surface area (Å²) in [7, 11) is 0. The Bertz CT molecular complexity index is 219. The van der Waals surface area contributed by atoms with Gasteiger partial charge in [0.2, 0.25) is 0 Å². The molecule has 0 unspecified atom stereocenters. The van der Waals surface area contributed by atoms with Crippen LogP contribution < -0.4 is 0 Å². The Morgan fingerprint density at radius 2 is 1.47 bits per heavy atom. The lowest BCUT2D eigenvalue weighted by Gasteiger charge is -2.38. The summed E-state index contributed by atoms with van der Waals surface area (Å²) >= 11 is 0. The van der Waals surface area contributed by atoms with Crippen molar-refractivity contribution in [3.63, 3.8) is 0 Å². The summed E-state index contributed by atoms with van der Waals surface area (Å²) in [6.07, 6.45) is 6.48. The van der Waals surface area contributed by atoms with Crippen molar-refractivity contribution in [3.8, 4) is 0 Å². The van der Waals surface area contributed by atoms with E-state index in [1.165, 1.54) is 5.57 Å². The van der Waals surface area contributed by atoms with Crippen LogP contribution in [0.2, 0.25) is 0 Å². The number of allylic oxidation sites excluding steroid dienone is 1. The molecule has 0 heterocycles. The molecule has 0 aromatic carbocycles. The molecule has 0 aliphatic rings. The second-order valence-corrected chi connectivity index (χ2v) is 5.47. The molecule has 0 fully saturated rings. The first-order valence-electron chi connectivity index (χ1n) is 7.67. The third-order valence-electron chi connectivity index (χ3n) is 3.50. The summed E-state index contributed by atoms with van der Waals surface area (Å²) in [5.41, 5.74) is 0.952. The van der Waals surface area contributed by atoms with Crippen molar-refractivity contribution in [1.29, 1.82) is 0 Å². The van der Waals surface area contributed by atoms with Crippen molar-refractivity contribution < 1.29 is 9.53 Å². The Morgan fingerprint density at radius 3 is 1.68 bits per heavy atom. The van der Waals surface area contributed by atoms with Crippen LogP contribution in [0.1, 0.15) is 80.1 Å². The van der Waals surface area contributed by atoms with Crippen LogP contribution in [0.4, 0.5) is 0 Å². The lowest BCUT2D eigenvalue weighted by atomic mass is 9.77. The molecule has 0 bridgehead atoms. The fourth-order valence-electron chi connectivity index (χ4n) is 2.55. The summed E-state index contributed by atoms with van der Waals surface area (Å²) in [6.45, 7) is 16.8. The minimum Gasteiger partial charge on any atom is -0.461 e. The molecule has 0 N–H and O–H groups in total. The van der Waals surface area contributed by atoms with Gasteiger partial charge >= 0.3 is 0 Å². The second kappa shape index (κ2) is 12.3. The van der Waals surface area contributed by atoms with Crippen LogP contribution >= 0.6 is 0 Å². The van der Waals surface area contributed by atoms with Crippen molar-refractivity contribution in [3.05, 3.63) is 12.2 Å². The zero-order valence-corrected chi connectivity index (χ0v) is 13.9. The topological polar surface area (TPSA) is 26.3 Å². The Morgan fingerprint density at radius 1 is 1.11 bits per heavy atom. The van der Waals surface area contributed by atoms with Crippen molar-refractivity contribution in [2.24, 2.45) is 5.92 Å². The molecular formula is C17H34O2. The van der Waals surface area contributed by atoms with E-state index < -0.39 is 0 Å². The standard InChI is InChI=1S/C13H26O2.C4H8/c1-5-9-12(10-6-2)13(7-3,8-4)15-11-14;1-4(2)3/h11-12H,5-10H2,1-4H3;1H2,2-3H3. The molecule has 0 aliphatic carbocycles. The molecular weight excluding hydrogens is 236 g/mol. The van der Waals surface area contributed by atoms with Gasteiger partial charge in [0.15, 0.2) is 0 Å². The maximum atomic E-state index is 10.6. The molecule has 0 aliphatic heterocycles. The fourth-order valence-corrected chi connectivity index (χ4v) is 2.55. The number of rotatable bonds is 9. The van der Waals surface area contributed by atoms with E-state index in [-0.39, 0.29) is 5.60 Å². The number of hydrogen-bond donors (Lipinski definition) is 0. The van der Waals surface area contributed by atoms with E-state index in [0.717, 1.165) is 38.5 Å². The Kier molecular flexibility index (Phi) is 13.2. The highest BCUT2D eigenvalue weighted by Crippen LogP contribution is 2.35. The van der Waals surface area contributed by atoms with E-state index in [1.807, 2.05) is 13.8 Å². The predicted molar refractivity (Wildman–Crippen MR) is 84.3 cm³/mol. The summed E-state index contributed by atoms with van der Waals surface area (Å²) in [5, 5.41) is 0. The monoisotopic (exact) mass is 270 g/mol. The second-order valence-electron chi connectivity index (χ2n) is 5.47. The van der Waals surface area contributed by atoms with E-state index in [2.05, 4.69) is 34.3 Å². The molecule has 0 aromatic rings. The molecule has 0 radical (unpaired) electrons. The smallest absolute Gasteiger partial charge is 0.293 e. The minimum atomic E-state index is -0.215. The molecule has 0 spiro atoms. The maximum Gasteiger partial charge on any atom is 0.293 e.